The maximum atomic E-state index is 4.50. The van der Waals surface area contributed by atoms with Gasteiger partial charge in [0.15, 0.2) is 0 Å². The van der Waals surface area contributed by atoms with Crippen LogP contribution in [0.4, 0.5) is 0 Å². The third kappa shape index (κ3) is 2.71. The molecule has 0 saturated carbocycles. The molecular weight excluding hydrogens is 266 g/mol. The Bertz CT molecular complexity index is 693. The summed E-state index contributed by atoms with van der Waals surface area (Å²) < 4.78 is 1.24. The molecule has 3 aromatic rings. The molecule has 2 atom stereocenters. The van der Waals surface area contributed by atoms with Crippen LogP contribution in [-0.2, 0) is 0 Å². The SMILES string of the molecule is CC(N[C@H](C)c1ccccn1)c1cnc2ccsc2c1. The van der Waals surface area contributed by atoms with Crippen molar-refractivity contribution in [3.05, 3.63) is 59.4 Å². The molecule has 0 aliphatic carbocycles. The highest BCUT2D eigenvalue weighted by Crippen LogP contribution is 2.24. The van der Waals surface area contributed by atoms with Crippen LogP contribution in [0.1, 0.15) is 37.2 Å². The molecule has 0 aliphatic heterocycles. The minimum absolute atomic E-state index is 0.213. The third-order valence-electron chi connectivity index (χ3n) is 3.46. The second-order valence-electron chi connectivity index (χ2n) is 4.94. The van der Waals surface area contributed by atoms with Crippen molar-refractivity contribution >= 4 is 21.6 Å². The summed E-state index contributed by atoms with van der Waals surface area (Å²) in [5.74, 6) is 0. The number of hydrogen-bond donors (Lipinski definition) is 1. The fourth-order valence-corrected chi connectivity index (χ4v) is 3.08. The zero-order valence-electron chi connectivity index (χ0n) is 11.6. The summed E-state index contributed by atoms with van der Waals surface area (Å²) >= 11 is 1.73. The molecule has 0 radical (unpaired) electrons. The Morgan fingerprint density at radius 3 is 2.80 bits per heavy atom. The van der Waals surface area contributed by atoms with Gasteiger partial charge in [0.1, 0.15) is 0 Å². The average molecular weight is 283 g/mol. The monoisotopic (exact) mass is 283 g/mol. The normalized spacial score (nSPS) is 14.3. The minimum Gasteiger partial charge on any atom is -0.302 e. The number of aromatic nitrogens is 2. The molecular formula is C16H17N3S. The Hall–Kier alpha value is -1.78. The topological polar surface area (TPSA) is 37.8 Å². The van der Waals surface area contributed by atoms with E-state index in [-0.39, 0.29) is 12.1 Å². The molecule has 0 amide bonds. The lowest BCUT2D eigenvalue weighted by Gasteiger charge is -2.19. The smallest absolute Gasteiger partial charge is 0.0809 e. The molecule has 3 aromatic heterocycles. The van der Waals surface area contributed by atoms with E-state index in [4.69, 9.17) is 0 Å². The standard InChI is InChI=1S/C16H17N3S/c1-11(19-12(2)14-5-3-4-7-17-14)13-9-16-15(18-10-13)6-8-20-16/h3-12,19H,1-2H3/t11?,12-/m1/s1. The number of nitrogens with one attached hydrogen (secondary N) is 1. The van der Waals surface area contributed by atoms with Gasteiger partial charge < -0.3 is 5.32 Å². The van der Waals surface area contributed by atoms with Gasteiger partial charge in [0.2, 0.25) is 0 Å². The van der Waals surface area contributed by atoms with Crippen LogP contribution in [0.3, 0.4) is 0 Å². The Balaban J connectivity index is 1.76. The van der Waals surface area contributed by atoms with Crippen LogP contribution >= 0.6 is 11.3 Å². The summed E-state index contributed by atoms with van der Waals surface area (Å²) in [6.45, 7) is 4.30. The molecule has 0 fully saturated rings. The summed E-state index contributed by atoms with van der Waals surface area (Å²) in [7, 11) is 0. The van der Waals surface area contributed by atoms with Gasteiger partial charge in [0.05, 0.1) is 15.9 Å². The molecule has 102 valence electrons. The van der Waals surface area contributed by atoms with Crippen molar-refractivity contribution in [3.63, 3.8) is 0 Å². The third-order valence-corrected chi connectivity index (χ3v) is 4.31. The summed E-state index contributed by atoms with van der Waals surface area (Å²) in [6, 6.07) is 10.7. The Morgan fingerprint density at radius 1 is 1.10 bits per heavy atom. The van der Waals surface area contributed by atoms with Crippen LogP contribution in [0, 0.1) is 0 Å². The largest absolute Gasteiger partial charge is 0.302 e. The molecule has 0 aromatic carbocycles. The molecule has 0 aliphatic rings. The van der Waals surface area contributed by atoms with Crippen LogP contribution in [0.15, 0.2) is 48.1 Å². The highest BCUT2D eigenvalue weighted by atomic mass is 32.1. The predicted molar refractivity (Wildman–Crippen MR) is 83.8 cm³/mol. The van der Waals surface area contributed by atoms with E-state index in [0.29, 0.717) is 0 Å². The van der Waals surface area contributed by atoms with Crippen molar-refractivity contribution in [2.45, 2.75) is 25.9 Å². The van der Waals surface area contributed by atoms with E-state index in [1.54, 1.807) is 11.3 Å². The number of fused-ring (bicyclic) bond motifs is 1. The lowest BCUT2D eigenvalue weighted by molar-refractivity contribution is 0.486. The predicted octanol–water partition coefficient (Wildman–Crippen LogP) is 4.10. The highest BCUT2D eigenvalue weighted by Gasteiger charge is 2.12. The van der Waals surface area contributed by atoms with E-state index in [0.717, 1.165) is 11.2 Å². The first-order chi connectivity index (χ1) is 9.74. The molecule has 20 heavy (non-hydrogen) atoms. The fraction of sp³-hybridized carbons (Fsp3) is 0.250. The average Bonchev–Trinajstić information content (AvgIpc) is 2.95. The summed E-state index contributed by atoms with van der Waals surface area (Å²) in [4.78, 5) is 8.89. The molecule has 3 heterocycles. The van der Waals surface area contributed by atoms with Crippen molar-refractivity contribution in [1.82, 2.24) is 15.3 Å². The maximum absolute atomic E-state index is 4.50. The lowest BCUT2D eigenvalue weighted by atomic mass is 10.1. The van der Waals surface area contributed by atoms with Crippen LogP contribution in [0.25, 0.3) is 10.2 Å². The number of pyridine rings is 2. The van der Waals surface area contributed by atoms with Crippen molar-refractivity contribution in [2.24, 2.45) is 0 Å². The van der Waals surface area contributed by atoms with E-state index < -0.39 is 0 Å². The zero-order valence-corrected chi connectivity index (χ0v) is 12.4. The summed E-state index contributed by atoms with van der Waals surface area (Å²) in [6.07, 6.45) is 3.79. The number of hydrogen-bond acceptors (Lipinski definition) is 4. The fourth-order valence-electron chi connectivity index (χ4n) is 2.29. The van der Waals surface area contributed by atoms with Gasteiger partial charge in [-0.05, 0) is 49.1 Å². The second-order valence-corrected chi connectivity index (χ2v) is 5.88. The Kier molecular flexibility index (Phi) is 3.76. The first-order valence-electron chi connectivity index (χ1n) is 6.74. The van der Waals surface area contributed by atoms with Gasteiger partial charge in [-0.3, -0.25) is 9.97 Å². The van der Waals surface area contributed by atoms with Crippen molar-refractivity contribution in [1.29, 1.82) is 0 Å². The Labute approximate surface area is 122 Å². The highest BCUT2D eigenvalue weighted by molar-refractivity contribution is 7.17. The molecule has 1 unspecified atom stereocenters. The van der Waals surface area contributed by atoms with Crippen LogP contribution < -0.4 is 5.32 Å². The van der Waals surface area contributed by atoms with Gasteiger partial charge in [-0.15, -0.1) is 11.3 Å². The molecule has 1 N–H and O–H groups in total. The molecule has 0 saturated heterocycles. The quantitative estimate of drug-likeness (QED) is 0.783. The maximum Gasteiger partial charge on any atom is 0.0809 e. The first kappa shape index (κ1) is 13.2. The van der Waals surface area contributed by atoms with Crippen molar-refractivity contribution < 1.29 is 0 Å². The first-order valence-corrected chi connectivity index (χ1v) is 7.62. The lowest BCUT2D eigenvalue weighted by Crippen LogP contribution is -2.23. The van der Waals surface area contributed by atoms with Gasteiger partial charge in [0, 0.05) is 24.5 Å². The van der Waals surface area contributed by atoms with E-state index in [9.17, 15) is 0 Å². The molecule has 0 spiro atoms. The van der Waals surface area contributed by atoms with E-state index in [2.05, 4.69) is 46.6 Å². The van der Waals surface area contributed by atoms with E-state index >= 15 is 0 Å². The van der Waals surface area contributed by atoms with Gasteiger partial charge >= 0.3 is 0 Å². The molecule has 3 nitrogen and oxygen atoms in total. The van der Waals surface area contributed by atoms with Crippen LogP contribution in [0.2, 0.25) is 0 Å². The molecule has 0 bridgehead atoms. The number of rotatable bonds is 4. The van der Waals surface area contributed by atoms with Gasteiger partial charge in [0.25, 0.3) is 0 Å². The van der Waals surface area contributed by atoms with Gasteiger partial charge in [-0.2, -0.15) is 0 Å². The zero-order chi connectivity index (χ0) is 13.9. The van der Waals surface area contributed by atoms with E-state index in [1.807, 2.05) is 30.6 Å². The molecule has 4 heteroatoms. The second kappa shape index (κ2) is 5.69. The summed E-state index contributed by atoms with van der Waals surface area (Å²) in [5, 5.41) is 5.65. The number of thiophene rings is 1. The van der Waals surface area contributed by atoms with Crippen molar-refractivity contribution in [3.8, 4) is 0 Å². The van der Waals surface area contributed by atoms with Crippen LogP contribution in [0.5, 0.6) is 0 Å². The van der Waals surface area contributed by atoms with Crippen molar-refractivity contribution in [2.75, 3.05) is 0 Å². The molecule has 3 rings (SSSR count). The van der Waals surface area contributed by atoms with Gasteiger partial charge in [-0.25, -0.2) is 0 Å². The van der Waals surface area contributed by atoms with Gasteiger partial charge in [-0.1, -0.05) is 6.07 Å². The minimum atomic E-state index is 0.213. The number of nitrogens with zero attached hydrogens (tertiary/aromatic N) is 2. The Morgan fingerprint density at radius 2 is 2.00 bits per heavy atom. The van der Waals surface area contributed by atoms with Crippen LogP contribution in [-0.4, -0.2) is 9.97 Å². The summed E-state index contributed by atoms with van der Waals surface area (Å²) in [5.41, 5.74) is 3.34. The van der Waals surface area contributed by atoms with E-state index in [1.165, 1.54) is 10.3 Å².